The summed E-state index contributed by atoms with van der Waals surface area (Å²) in [6.45, 7) is 5.45. The van der Waals surface area contributed by atoms with Crippen LogP contribution in [0.3, 0.4) is 0 Å². The highest BCUT2D eigenvalue weighted by Crippen LogP contribution is 2.28. The van der Waals surface area contributed by atoms with E-state index in [-0.39, 0.29) is 5.91 Å². The molecule has 1 saturated heterocycles. The molecule has 0 unspecified atom stereocenters. The topological polar surface area (TPSA) is 32.3 Å². The van der Waals surface area contributed by atoms with E-state index in [2.05, 4.69) is 34.7 Å². The van der Waals surface area contributed by atoms with E-state index in [0.717, 1.165) is 48.7 Å². The van der Waals surface area contributed by atoms with Gasteiger partial charge in [-0.2, -0.15) is 0 Å². The monoisotopic (exact) mass is 360 g/mol. The Morgan fingerprint density at radius 1 is 1.25 bits per heavy atom. The third-order valence-electron chi connectivity index (χ3n) is 4.45. The van der Waals surface area contributed by atoms with Gasteiger partial charge in [0.2, 0.25) is 0 Å². The van der Waals surface area contributed by atoms with E-state index in [1.807, 2.05) is 24.3 Å². The van der Waals surface area contributed by atoms with Gasteiger partial charge in [-0.15, -0.1) is 23.1 Å². The summed E-state index contributed by atoms with van der Waals surface area (Å²) in [6.07, 6.45) is 2.09. The molecule has 5 heteroatoms. The van der Waals surface area contributed by atoms with Crippen molar-refractivity contribution in [2.45, 2.75) is 36.5 Å². The van der Waals surface area contributed by atoms with E-state index in [0.29, 0.717) is 6.04 Å². The number of carbonyl (C=O) groups is 1. The Hall–Kier alpha value is -1.30. The fourth-order valence-electron chi connectivity index (χ4n) is 2.98. The van der Waals surface area contributed by atoms with Crippen LogP contribution in [-0.4, -0.2) is 36.5 Å². The van der Waals surface area contributed by atoms with Gasteiger partial charge in [0.15, 0.2) is 0 Å². The zero-order chi connectivity index (χ0) is 16.8. The number of piperidine rings is 1. The summed E-state index contributed by atoms with van der Waals surface area (Å²) in [5.74, 6) is 0.982. The van der Waals surface area contributed by atoms with Crippen molar-refractivity contribution in [3.05, 3.63) is 52.2 Å². The van der Waals surface area contributed by atoms with Crippen LogP contribution >= 0.6 is 23.1 Å². The number of benzene rings is 1. The number of hydrogen-bond acceptors (Lipinski definition) is 4. The normalized spacial score (nSPS) is 16.2. The summed E-state index contributed by atoms with van der Waals surface area (Å²) < 4.78 is 0. The van der Waals surface area contributed by atoms with Gasteiger partial charge in [0.05, 0.1) is 5.56 Å². The molecule has 1 aromatic heterocycles. The quantitative estimate of drug-likeness (QED) is 0.782. The number of thiophene rings is 1. The number of hydrogen-bond donors (Lipinski definition) is 1. The standard InChI is InChI=1S/C19H24N2OS2/c1-2-21-11-9-15(10-12-21)20-19(22)17-7-3-4-8-18(17)24-14-16-6-5-13-23-16/h3-8,13,15H,2,9-12,14H2,1H3,(H,20,22). The number of rotatable bonds is 6. The summed E-state index contributed by atoms with van der Waals surface area (Å²) in [5.41, 5.74) is 0.803. The molecular weight excluding hydrogens is 336 g/mol. The maximum absolute atomic E-state index is 12.7. The van der Waals surface area contributed by atoms with Gasteiger partial charge in [-0.3, -0.25) is 4.79 Å². The largest absolute Gasteiger partial charge is 0.349 e. The Balaban J connectivity index is 1.60. The van der Waals surface area contributed by atoms with Gasteiger partial charge in [0.25, 0.3) is 5.91 Å². The Labute approximate surface area is 152 Å². The highest BCUT2D eigenvalue weighted by Gasteiger charge is 2.21. The molecule has 2 heterocycles. The maximum Gasteiger partial charge on any atom is 0.252 e. The van der Waals surface area contributed by atoms with Gasteiger partial charge in [-0.1, -0.05) is 25.1 Å². The average Bonchev–Trinajstić information content (AvgIpc) is 3.14. The first kappa shape index (κ1) is 17.5. The molecule has 3 nitrogen and oxygen atoms in total. The van der Waals surface area contributed by atoms with E-state index >= 15 is 0 Å². The number of carbonyl (C=O) groups excluding carboxylic acids is 1. The maximum atomic E-state index is 12.7. The van der Waals surface area contributed by atoms with Crippen molar-refractivity contribution in [2.75, 3.05) is 19.6 Å². The molecule has 1 aliphatic rings. The van der Waals surface area contributed by atoms with Crippen molar-refractivity contribution in [2.24, 2.45) is 0 Å². The Kier molecular flexibility index (Phi) is 6.35. The molecule has 2 aromatic rings. The van der Waals surface area contributed by atoms with E-state index < -0.39 is 0 Å². The van der Waals surface area contributed by atoms with Crippen molar-refractivity contribution in [3.63, 3.8) is 0 Å². The first-order valence-corrected chi connectivity index (χ1v) is 10.4. The molecule has 1 aromatic carbocycles. The van der Waals surface area contributed by atoms with Crippen molar-refractivity contribution >= 4 is 29.0 Å². The molecule has 0 radical (unpaired) electrons. The molecule has 24 heavy (non-hydrogen) atoms. The van der Waals surface area contributed by atoms with Crippen LogP contribution < -0.4 is 5.32 Å². The summed E-state index contributed by atoms with van der Waals surface area (Å²) >= 11 is 3.50. The van der Waals surface area contributed by atoms with Crippen LogP contribution in [0.4, 0.5) is 0 Å². The summed E-state index contributed by atoms with van der Waals surface area (Å²) in [7, 11) is 0. The molecule has 1 aliphatic heterocycles. The molecule has 0 bridgehead atoms. The SMILES string of the molecule is CCN1CCC(NC(=O)c2ccccc2SCc2cccs2)CC1. The number of amides is 1. The van der Waals surface area contributed by atoms with Crippen LogP contribution in [-0.2, 0) is 5.75 Å². The highest BCUT2D eigenvalue weighted by molar-refractivity contribution is 7.98. The van der Waals surface area contributed by atoms with Gasteiger partial charge in [-0.25, -0.2) is 0 Å². The van der Waals surface area contributed by atoms with E-state index in [1.54, 1.807) is 23.1 Å². The predicted octanol–water partition coefficient (Wildman–Crippen LogP) is 4.25. The molecule has 1 N–H and O–H groups in total. The highest BCUT2D eigenvalue weighted by atomic mass is 32.2. The first-order valence-electron chi connectivity index (χ1n) is 8.53. The van der Waals surface area contributed by atoms with Crippen LogP contribution in [0.25, 0.3) is 0 Å². The third-order valence-corrected chi connectivity index (χ3v) is 6.63. The minimum atomic E-state index is 0.0687. The fraction of sp³-hybridized carbons (Fsp3) is 0.421. The smallest absolute Gasteiger partial charge is 0.252 e. The zero-order valence-electron chi connectivity index (χ0n) is 14.0. The lowest BCUT2D eigenvalue weighted by Crippen LogP contribution is -2.44. The van der Waals surface area contributed by atoms with Gasteiger partial charge in [0.1, 0.15) is 0 Å². The van der Waals surface area contributed by atoms with Crippen LogP contribution in [0.2, 0.25) is 0 Å². The molecule has 128 valence electrons. The molecule has 1 fully saturated rings. The number of thioether (sulfide) groups is 1. The molecule has 1 amide bonds. The van der Waals surface area contributed by atoms with E-state index in [9.17, 15) is 4.79 Å². The Bertz CT molecular complexity index is 649. The fourth-order valence-corrected chi connectivity index (χ4v) is 4.80. The van der Waals surface area contributed by atoms with Gasteiger partial charge < -0.3 is 10.2 Å². The Morgan fingerprint density at radius 2 is 2.04 bits per heavy atom. The molecule has 0 atom stereocenters. The summed E-state index contributed by atoms with van der Waals surface area (Å²) in [6, 6.07) is 12.5. The minimum absolute atomic E-state index is 0.0687. The zero-order valence-corrected chi connectivity index (χ0v) is 15.7. The Morgan fingerprint density at radius 3 is 2.75 bits per heavy atom. The lowest BCUT2D eigenvalue weighted by atomic mass is 10.0. The van der Waals surface area contributed by atoms with E-state index in [1.165, 1.54) is 4.88 Å². The predicted molar refractivity (Wildman–Crippen MR) is 103 cm³/mol. The average molecular weight is 361 g/mol. The van der Waals surface area contributed by atoms with Crippen molar-refractivity contribution < 1.29 is 4.79 Å². The molecule has 3 rings (SSSR count). The number of nitrogens with zero attached hydrogens (tertiary/aromatic N) is 1. The third kappa shape index (κ3) is 4.62. The van der Waals surface area contributed by atoms with Gasteiger partial charge in [-0.05, 0) is 43.0 Å². The summed E-state index contributed by atoms with van der Waals surface area (Å²) in [4.78, 5) is 17.5. The second kappa shape index (κ2) is 8.70. The van der Waals surface area contributed by atoms with Crippen LogP contribution in [0.5, 0.6) is 0 Å². The van der Waals surface area contributed by atoms with Crippen LogP contribution in [0.1, 0.15) is 35.0 Å². The van der Waals surface area contributed by atoms with Crippen molar-refractivity contribution in [1.29, 1.82) is 0 Å². The van der Waals surface area contributed by atoms with Crippen LogP contribution in [0, 0.1) is 0 Å². The van der Waals surface area contributed by atoms with Crippen LogP contribution in [0.15, 0.2) is 46.7 Å². The van der Waals surface area contributed by atoms with Gasteiger partial charge in [0, 0.05) is 34.7 Å². The first-order chi connectivity index (χ1) is 11.8. The van der Waals surface area contributed by atoms with E-state index in [4.69, 9.17) is 0 Å². The van der Waals surface area contributed by atoms with Gasteiger partial charge >= 0.3 is 0 Å². The second-order valence-corrected chi connectivity index (χ2v) is 8.10. The molecular formula is C19H24N2OS2. The lowest BCUT2D eigenvalue weighted by Gasteiger charge is -2.31. The minimum Gasteiger partial charge on any atom is -0.349 e. The number of nitrogens with one attached hydrogen (secondary N) is 1. The van der Waals surface area contributed by atoms with Crippen molar-refractivity contribution in [3.8, 4) is 0 Å². The number of likely N-dealkylation sites (tertiary alicyclic amines) is 1. The lowest BCUT2D eigenvalue weighted by molar-refractivity contribution is 0.0909. The molecule has 0 saturated carbocycles. The molecule has 0 spiro atoms. The second-order valence-electron chi connectivity index (χ2n) is 6.05. The van der Waals surface area contributed by atoms with Crippen molar-refractivity contribution in [1.82, 2.24) is 10.2 Å². The summed E-state index contributed by atoms with van der Waals surface area (Å²) in [5, 5.41) is 5.33. The molecule has 0 aliphatic carbocycles.